The van der Waals surface area contributed by atoms with Gasteiger partial charge in [0.05, 0.1) is 18.1 Å². The monoisotopic (exact) mass is 372 g/mol. The number of ether oxygens (including phenoxy) is 1. The Labute approximate surface area is 158 Å². The van der Waals surface area contributed by atoms with Crippen LogP contribution in [0.2, 0.25) is 0 Å². The molecule has 138 valence electrons. The van der Waals surface area contributed by atoms with E-state index in [2.05, 4.69) is 5.32 Å². The van der Waals surface area contributed by atoms with Gasteiger partial charge < -0.3 is 15.0 Å². The van der Waals surface area contributed by atoms with Crippen LogP contribution in [-0.4, -0.2) is 36.5 Å². The summed E-state index contributed by atoms with van der Waals surface area (Å²) in [6.07, 6.45) is 0. The maximum absolute atomic E-state index is 12.4. The molecular formula is C20H24N2O3S. The Balaban J connectivity index is 1.77. The van der Waals surface area contributed by atoms with Gasteiger partial charge in [-0.25, -0.2) is 0 Å². The number of amides is 2. The van der Waals surface area contributed by atoms with Gasteiger partial charge >= 0.3 is 0 Å². The number of carbonyl (C=O) groups is 2. The van der Waals surface area contributed by atoms with E-state index in [1.165, 1.54) is 11.8 Å². The van der Waals surface area contributed by atoms with E-state index >= 15 is 0 Å². The second-order valence-electron chi connectivity index (χ2n) is 5.47. The third kappa shape index (κ3) is 6.11. The lowest BCUT2D eigenvalue weighted by Crippen LogP contribution is -2.32. The normalized spacial score (nSPS) is 10.2. The highest BCUT2D eigenvalue weighted by molar-refractivity contribution is 8.00. The Morgan fingerprint density at radius 3 is 2.31 bits per heavy atom. The molecule has 2 aromatic carbocycles. The van der Waals surface area contributed by atoms with E-state index in [1.807, 2.05) is 56.3 Å². The van der Waals surface area contributed by atoms with Crippen molar-refractivity contribution in [3.05, 3.63) is 54.6 Å². The van der Waals surface area contributed by atoms with Crippen LogP contribution in [0.25, 0.3) is 0 Å². The lowest BCUT2D eigenvalue weighted by Gasteiger charge is -2.20. The molecule has 0 bridgehead atoms. The van der Waals surface area contributed by atoms with E-state index in [4.69, 9.17) is 4.74 Å². The molecular weight excluding hydrogens is 348 g/mol. The molecule has 2 aromatic rings. The van der Waals surface area contributed by atoms with E-state index in [1.54, 1.807) is 17.0 Å². The van der Waals surface area contributed by atoms with E-state index in [0.717, 1.165) is 11.4 Å². The van der Waals surface area contributed by atoms with E-state index in [9.17, 15) is 9.59 Å². The minimum absolute atomic E-state index is 0.00225. The van der Waals surface area contributed by atoms with Crippen molar-refractivity contribution in [1.82, 2.24) is 0 Å². The van der Waals surface area contributed by atoms with Crippen molar-refractivity contribution in [2.24, 2.45) is 0 Å². The zero-order chi connectivity index (χ0) is 18.8. The predicted octanol–water partition coefficient (Wildman–Crippen LogP) is 3.81. The quantitative estimate of drug-likeness (QED) is 0.727. The van der Waals surface area contributed by atoms with Crippen molar-refractivity contribution in [3.8, 4) is 5.75 Å². The molecule has 26 heavy (non-hydrogen) atoms. The largest absolute Gasteiger partial charge is 0.494 e. The number of anilines is 2. The molecule has 0 saturated heterocycles. The van der Waals surface area contributed by atoms with E-state index in [0.29, 0.717) is 18.8 Å². The number of hydrogen-bond acceptors (Lipinski definition) is 4. The molecule has 0 radical (unpaired) electrons. The molecule has 5 nitrogen and oxygen atoms in total. The van der Waals surface area contributed by atoms with Crippen molar-refractivity contribution in [1.29, 1.82) is 0 Å². The Bertz CT molecular complexity index is 705. The summed E-state index contributed by atoms with van der Waals surface area (Å²) in [5.41, 5.74) is 1.59. The van der Waals surface area contributed by atoms with Gasteiger partial charge in [-0.05, 0) is 50.2 Å². The summed E-state index contributed by atoms with van der Waals surface area (Å²) in [6, 6.07) is 16.8. The highest BCUT2D eigenvalue weighted by atomic mass is 32.2. The SMILES string of the molecule is CCOc1ccc(NC(=O)CSCC(=O)N(CC)c2ccccc2)cc1. The first-order valence-electron chi connectivity index (χ1n) is 8.60. The lowest BCUT2D eigenvalue weighted by molar-refractivity contribution is -0.116. The lowest BCUT2D eigenvalue weighted by atomic mass is 10.3. The molecule has 2 rings (SSSR count). The van der Waals surface area contributed by atoms with Gasteiger partial charge in [0.15, 0.2) is 0 Å². The van der Waals surface area contributed by atoms with Crippen LogP contribution in [0.1, 0.15) is 13.8 Å². The summed E-state index contributed by atoms with van der Waals surface area (Å²) in [5, 5.41) is 2.82. The van der Waals surface area contributed by atoms with Crippen molar-refractivity contribution in [3.63, 3.8) is 0 Å². The van der Waals surface area contributed by atoms with Gasteiger partial charge in [0.1, 0.15) is 5.75 Å². The summed E-state index contributed by atoms with van der Waals surface area (Å²) >= 11 is 1.31. The second-order valence-corrected chi connectivity index (χ2v) is 6.46. The Hall–Kier alpha value is -2.47. The number of hydrogen-bond donors (Lipinski definition) is 1. The molecule has 1 N–H and O–H groups in total. The Morgan fingerprint density at radius 2 is 1.69 bits per heavy atom. The van der Waals surface area contributed by atoms with Crippen LogP contribution >= 0.6 is 11.8 Å². The van der Waals surface area contributed by atoms with E-state index in [-0.39, 0.29) is 23.3 Å². The number of para-hydroxylation sites is 1. The molecule has 0 fully saturated rings. The highest BCUT2D eigenvalue weighted by Crippen LogP contribution is 2.17. The predicted molar refractivity (Wildman–Crippen MR) is 108 cm³/mol. The first kappa shape index (κ1) is 19.8. The van der Waals surface area contributed by atoms with Crippen LogP contribution < -0.4 is 15.0 Å². The highest BCUT2D eigenvalue weighted by Gasteiger charge is 2.14. The number of rotatable bonds is 9. The second kappa shape index (κ2) is 10.5. The number of benzene rings is 2. The van der Waals surface area contributed by atoms with Crippen LogP contribution in [0, 0.1) is 0 Å². The van der Waals surface area contributed by atoms with Gasteiger partial charge in [-0.2, -0.15) is 0 Å². The van der Waals surface area contributed by atoms with Gasteiger partial charge in [-0.15, -0.1) is 11.8 Å². The fraction of sp³-hybridized carbons (Fsp3) is 0.300. The van der Waals surface area contributed by atoms with E-state index < -0.39 is 0 Å². The van der Waals surface area contributed by atoms with Crippen LogP contribution in [-0.2, 0) is 9.59 Å². The van der Waals surface area contributed by atoms with Crippen LogP contribution in [0.4, 0.5) is 11.4 Å². The van der Waals surface area contributed by atoms with Crippen LogP contribution in [0.5, 0.6) is 5.75 Å². The number of thioether (sulfide) groups is 1. The fourth-order valence-electron chi connectivity index (χ4n) is 2.42. The zero-order valence-electron chi connectivity index (χ0n) is 15.1. The standard InChI is InChI=1S/C20H24N2O3S/c1-3-22(17-8-6-5-7-9-17)20(24)15-26-14-19(23)21-16-10-12-18(13-11-16)25-4-2/h5-13H,3-4,14-15H2,1-2H3,(H,21,23). The maximum Gasteiger partial charge on any atom is 0.236 e. The van der Waals surface area contributed by atoms with Gasteiger partial charge in [0.2, 0.25) is 11.8 Å². The van der Waals surface area contributed by atoms with Crippen molar-refractivity contribution >= 4 is 35.0 Å². The number of nitrogens with zero attached hydrogens (tertiary/aromatic N) is 1. The van der Waals surface area contributed by atoms with Gasteiger partial charge in [-0.1, -0.05) is 18.2 Å². The molecule has 6 heteroatoms. The summed E-state index contributed by atoms with van der Waals surface area (Å²) in [6.45, 7) is 5.07. The smallest absolute Gasteiger partial charge is 0.236 e. The van der Waals surface area contributed by atoms with Crippen molar-refractivity contribution in [2.75, 3.05) is 34.9 Å². The molecule has 2 amide bonds. The van der Waals surface area contributed by atoms with Crippen LogP contribution in [0.15, 0.2) is 54.6 Å². The number of nitrogens with one attached hydrogen (secondary N) is 1. The molecule has 0 aliphatic rings. The molecule has 0 heterocycles. The van der Waals surface area contributed by atoms with Gasteiger partial charge in [-0.3, -0.25) is 9.59 Å². The number of carbonyl (C=O) groups excluding carboxylic acids is 2. The minimum Gasteiger partial charge on any atom is -0.494 e. The first-order valence-corrected chi connectivity index (χ1v) is 9.75. The van der Waals surface area contributed by atoms with Crippen molar-refractivity contribution in [2.45, 2.75) is 13.8 Å². The van der Waals surface area contributed by atoms with Crippen molar-refractivity contribution < 1.29 is 14.3 Å². The summed E-state index contributed by atoms with van der Waals surface area (Å²) < 4.78 is 5.37. The molecule has 0 unspecified atom stereocenters. The third-order valence-corrected chi connectivity index (χ3v) is 4.51. The van der Waals surface area contributed by atoms with Gasteiger partial charge in [0.25, 0.3) is 0 Å². The Morgan fingerprint density at radius 1 is 1.00 bits per heavy atom. The molecule has 0 saturated carbocycles. The third-order valence-electron chi connectivity index (χ3n) is 3.59. The van der Waals surface area contributed by atoms with Gasteiger partial charge in [0, 0.05) is 17.9 Å². The summed E-state index contributed by atoms with van der Waals surface area (Å²) in [5.74, 6) is 1.13. The van der Waals surface area contributed by atoms with Crippen LogP contribution in [0.3, 0.4) is 0 Å². The maximum atomic E-state index is 12.4. The zero-order valence-corrected chi connectivity index (χ0v) is 15.9. The summed E-state index contributed by atoms with van der Waals surface area (Å²) in [4.78, 5) is 26.1. The molecule has 0 spiro atoms. The first-order chi connectivity index (χ1) is 12.6. The summed E-state index contributed by atoms with van der Waals surface area (Å²) in [7, 11) is 0. The Kier molecular flexibility index (Phi) is 8.02. The average molecular weight is 372 g/mol. The molecule has 0 aliphatic heterocycles. The topological polar surface area (TPSA) is 58.6 Å². The molecule has 0 atom stereocenters. The fourth-order valence-corrected chi connectivity index (χ4v) is 3.11. The minimum atomic E-state index is -0.130. The molecule has 0 aromatic heterocycles. The average Bonchev–Trinajstić information content (AvgIpc) is 2.65. The molecule has 0 aliphatic carbocycles.